The smallest absolute Gasteiger partial charge is 0.360 e. The van der Waals surface area contributed by atoms with E-state index in [0.717, 1.165) is 17.1 Å². The van der Waals surface area contributed by atoms with Crippen LogP contribution in [0.25, 0.3) is 11.0 Å². The van der Waals surface area contributed by atoms with Crippen molar-refractivity contribution in [2.45, 2.75) is 13.8 Å². The highest BCUT2D eigenvalue weighted by Gasteiger charge is 2.11. The molecular formula is C16H14N2O4. The fraction of sp³-hybridized carbons (Fsp3) is 0.188. The predicted molar refractivity (Wildman–Crippen MR) is 81.2 cm³/mol. The molecule has 0 radical (unpaired) electrons. The van der Waals surface area contributed by atoms with Crippen molar-refractivity contribution in [1.82, 2.24) is 0 Å². The number of fused-ring (bicyclic) bond motifs is 1. The molecule has 2 rings (SSSR count). The molecule has 6 heteroatoms. The summed E-state index contributed by atoms with van der Waals surface area (Å²) in [5.74, 6) is -0.751. The van der Waals surface area contributed by atoms with Crippen LogP contribution in [-0.4, -0.2) is 12.6 Å². The van der Waals surface area contributed by atoms with Crippen LogP contribution in [0, 0.1) is 18.3 Å². The standard InChI is InChI=1S/C16H14N2O4/c1-3-21-15(19)12(8-17)9-18-13-7-11-6-4-5-10(2)14(11)22-16(13)20/h4-7,9,18H,3H2,1-2H3/b12-9-. The van der Waals surface area contributed by atoms with E-state index in [1.807, 2.05) is 19.1 Å². The zero-order chi connectivity index (χ0) is 16.1. The van der Waals surface area contributed by atoms with Gasteiger partial charge in [-0.05, 0) is 25.5 Å². The van der Waals surface area contributed by atoms with Gasteiger partial charge in [0, 0.05) is 11.6 Å². The van der Waals surface area contributed by atoms with Crippen LogP contribution in [-0.2, 0) is 9.53 Å². The molecule has 0 spiro atoms. The minimum atomic E-state index is -0.751. The highest BCUT2D eigenvalue weighted by Crippen LogP contribution is 2.19. The maximum atomic E-state index is 11.9. The molecule has 0 aliphatic heterocycles. The Hall–Kier alpha value is -3.07. The molecule has 0 aliphatic carbocycles. The summed E-state index contributed by atoms with van der Waals surface area (Å²) in [6.07, 6.45) is 1.13. The second kappa shape index (κ2) is 6.59. The summed E-state index contributed by atoms with van der Waals surface area (Å²) < 4.78 is 9.98. The van der Waals surface area contributed by atoms with E-state index in [-0.39, 0.29) is 17.9 Å². The lowest BCUT2D eigenvalue weighted by atomic mass is 10.1. The van der Waals surface area contributed by atoms with Gasteiger partial charge in [-0.2, -0.15) is 5.26 Å². The maximum Gasteiger partial charge on any atom is 0.360 e. The fourth-order valence-corrected chi connectivity index (χ4v) is 1.89. The molecule has 0 amide bonds. The number of rotatable bonds is 4. The number of ether oxygens (including phenoxy) is 1. The number of esters is 1. The molecule has 0 aliphatic rings. The van der Waals surface area contributed by atoms with Crippen molar-refractivity contribution in [1.29, 1.82) is 5.26 Å². The van der Waals surface area contributed by atoms with Crippen molar-refractivity contribution in [3.63, 3.8) is 0 Å². The van der Waals surface area contributed by atoms with Crippen LogP contribution in [0.2, 0.25) is 0 Å². The zero-order valence-electron chi connectivity index (χ0n) is 12.2. The van der Waals surface area contributed by atoms with Gasteiger partial charge in [-0.15, -0.1) is 0 Å². The zero-order valence-corrected chi connectivity index (χ0v) is 12.2. The summed E-state index contributed by atoms with van der Waals surface area (Å²) in [5, 5.41) is 12.3. The van der Waals surface area contributed by atoms with E-state index in [4.69, 9.17) is 14.4 Å². The average Bonchev–Trinajstić information content (AvgIpc) is 2.49. The van der Waals surface area contributed by atoms with Gasteiger partial charge in [0.25, 0.3) is 0 Å². The first kappa shape index (κ1) is 15.3. The molecule has 0 fully saturated rings. The number of anilines is 1. The Labute approximate surface area is 126 Å². The molecule has 22 heavy (non-hydrogen) atoms. The number of hydrogen-bond donors (Lipinski definition) is 1. The van der Waals surface area contributed by atoms with Gasteiger partial charge in [0.2, 0.25) is 0 Å². The van der Waals surface area contributed by atoms with Crippen LogP contribution >= 0.6 is 0 Å². The lowest BCUT2D eigenvalue weighted by Crippen LogP contribution is -2.11. The minimum absolute atomic E-state index is 0.134. The number of aryl methyl sites for hydroxylation is 1. The second-order valence-electron chi connectivity index (χ2n) is 4.48. The first-order valence-corrected chi connectivity index (χ1v) is 6.64. The van der Waals surface area contributed by atoms with Crippen LogP contribution in [0.15, 0.2) is 45.3 Å². The molecule has 1 aromatic carbocycles. The monoisotopic (exact) mass is 298 g/mol. The Morgan fingerprint density at radius 3 is 2.95 bits per heavy atom. The van der Waals surface area contributed by atoms with Gasteiger partial charge < -0.3 is 14.5 Å². The highest BCUT2D eigenvalue weighted by atomic mass is 16.5. The Morgan fingerprint density at radius 2 is 2.27 bits per heavy atom. The second-order valence-corrected chi connectivity index (χ2v) is 4.48. The summed E-state index contributed by atoms with van der Waals surface area (Å²) >= 11 is 0. The summed E-state index contributed by atoms with van der Waals surface area (Å²) in [4.78, 5) is 23.4. The van der Waals surface area contributed by atoms with E-state index in [0.29, 0.717) is 5.58 Å². The van der Waals surface area contributed by atoms with Gasteiger partial charge in [0.1, 0.15) is 17.3 Å². The molecule has 112 valence electrons. The highest BCUT2D eigenvalue weighted by molar-refractivity contribution is 5.93. The molecule has 1 N–H and O–H groups in total. The average molecular weight is 298 g/mol. The van der Waals surface area contributed by atoms with Gasteiger partial charge in [-0.1, -0.05) is 18.2 Å². The molecule has 2 aromatic rings. The van der Waals surface area contributed by atoms with Crippen LogP contribution in [0.4, 0.5) is 5.69 Å². The van der Waals surface area contributed by atoms with Gasteiger partial charge in [-0.3, -0.25) is 0 Å². The van der Waals surface area contributed by atoms with Crippen LogP contribution in [0.3, 0.4) is 0 Å². The summed E-state index contributed by atoms with van der Waals surface area (Å²) in [7, 11) is 0. The number of hydrogen-bond acceptors (Lipinski definition) is 6. The summed E-state index contributed by atoms with van der Waals surface area (Å²) in [6.45, 7) is 3.64. The molecule has 0 bridgehead atoms. The number of carbonyl (C=O) groups excluding carboxylic acids is 1. The predicted octanol–water partition coefficient (Wildman–Crippen LogP) is 2.48. The third kappa shape index (κ3) is 3.15. The summed E-state index contributed by atoms with van der Waals surface area (Å²) in [6, 6.07) is 8.80. The molecule has 6 nitrogen and oxygen atoms in total. The van der Waals surface area contributed by atoms with Crippen molar-refractivity contribution in [3.05, 3.63) is 52.0 Å². The molecule has 0 saturated heterocycles. The van der Waals surface area contributed by atoms with Crippen molar-refractivity contribution in [3.8, 4) is 6.07 Å². The number of para-hydroxylation sites is 1. The van der Waals surface area contributed by atoms with Crippen molar-refractivity contribution in [2.75, 3.05) is 11.9 Å². The maximum absolute atomic E-state index is 11.9. The van der Waals surface area contributed by atoms with Crippen LogP contribution < -0.4 is 10.9 Å². The molecule has 1 aromatic heterocycles. The Kier molecular flexibility index (Phi) is 4.59. The normalized spacial score (nSPS) is 11.0. The van der Waals surface area contributed by atoms with Gasteiger partial charge >= 0.3 is 11.6 Å². The SMILES string of the molecule is CCOC(=O)/C(C#N)=C\Nc1cc2cccc(C)c2oc1=O. The van der Waals surface area contributed by atoms with E-state index in [9.17, 15) is 9.59 Å². The van der Waals surface area contributed by atoms with E-state index in [1.54, 1.807) is 25.1 Å². The van der Waals surface area contributed by atoms with Gasteiger partial charge in [0.05, 0.1) is 6.61 Å². The van der Waals surface area contributed by atoms with E-state index in [2.05, 4.69) is 5.32 Å². The largest absolute Gasteiger partial charge is 0.462 e. The van der Waals surface area contributed by atoms with Crippen molar-refractivity contribution < 1.29 is 13.9 Å². The molecular weight excluding hydrogens is 284 g/mol. The van der Waals surface area contributed by atoms with Crippen LogP contribution in [0.1, 0.15) is 12.5 Å². The lowest BCUT2D eigenvalue weighted by molar-refractivity contribution is -0.138. The third-order valence-corrected chi connectivity index (χ3v) is 2.94. The first-order chi connectivity index (χ1) is 10.6. The van der Waals surface area contributed by atoms with E-state index >= 15 is 0 Å². The van der Waals surface area contributed by atoms with Crippen LogP contribution in [0.5, 0.6) is 0 Å². The summed E-state index contributed by atoms with van der Waals surface area (Å²) in [5.41, 5.74) is 0.675. The quantitative estimate of drug-likeness (QED) is 0.403. The minimum Gasteiger partial charge on any atom is -0.462 e. The first-order valence-electron chi connectivity index (χ1n) is 6.64. The Balaban J connectivity index is 2.36. The van der Waals surface area contributed by atoms with Gasteiger partial charge in [0.15, 0.2) is 5.57 Å². The fourth-order valence-electron chi connectivity index (χ4n) is 1.89. The van der Waals surface area contributed by atoms with Gasteiger partial charge in [-0.25, -0.2) is 9.59 Å². The molecule has 0 atom stereocenters. The number of nitrogens with one attached hydrogen (secondary N) is 1. The number of nitriles is 1. The molecule has 1 heterocycles. The lowest BCUT2D eigenvalue weighted by Gasteiger charge is -2.04. The topological polar surface area (TPSA) is 92.3 Å². The molecule has 0 unspecified atom stereocenters. The third-order valence-electron chi connectivity index (χ3n) is 2.94. The molecule has 0 saturated carbocycles. The van der Waals surface area contributed by atoms with Crippen molar-refractivity contribution >= 4 is 22.6 Å². The number of nitrogens with zero attached hydrogens (tertiary/aromatic N) is 1. The van der Waals surface area contributed by atoms with Crippen molar-refractivity contribution in [2.24, 2.45) is 0 Å². The number of benzene rings is 1. The Bertz CT molecular complexity index is 843. The van der Waals surface area contributed by atoms with E-state index < -0.39 is 11.6 Å². The number of carbonyl (C=O) groups is 1. The Morgan fingerprint density at radius 1 is 1.50 bits per heavy atom. The van der Waals surface area contributed by atoms with E-state index in [1.165, 1.54) is 0 Å².